The van der Waals surface area contributed by atoms with Gasteiger partial charge in [-0.3, -0.25) is 0 Å². The van der Waals surface area contributed by atoms with Crippen molar-refractivity contribution in [3.05, 3.63) is 30.3 Å². The Labute approximate surface area is 110 Å². The maximum atomic E-state index is 10.8. The molecule has 0 aromatic heterocycles. The fraction of sp³-hybridized carbons (Fsp3) is 0.600. The molecule has 1 nitrogen and oxygen atoms in total. The van der Waals surface area contributed by atoms with Crippen molar-refractivity contribution in [1.82, 2.24) is 0 Å². The van der Waals surface area contributed by atoms with E-state index in [0.29, 0.717) is 26.8 Å². The summed E-state index contributed by atoms with van der Waals surface area (Å²) in [7, 11) is 0. The number of fused-ring (bicyclic) bond motifs is 1. The van der Waals surface area contributed by atoms with Crippen LogP contribution in [-0.4, -0.2) is 25.7 Å². The summed E-state index contributed by atoms with van der Waals surface area (Å²) < 4.78 is 1.48. The molecule has 0 unspecified atom stereocenters. The Kier molecular flexibility index (Phi) is 3.29. The first-order chi connectivity index (χ1) is 8.29. The van der Waals surface area contributed by atoms with Crippen LogP contribution in [0.2, 0.25) is 5.32 Å². The first-order valence-electron chi connectivity index (χ1n) is 6.69. The van der Waals surface area contributed by atoms with Gasteiger partial charge in [0.15, 0.2) is 0 Å². The molecule has 0 spiro atoms. The second kappa shape index (κ2) is 4.76. The van der Waals surface area contributed by atoms with E-state index < -0.39 is 0 Å². The molecule has 2 aliphatic rings. The number of hydrogen-bond donors (Lipinski definition) is 1. The molecule has 3 atom stereocenters. The molecule has 2 heteroatoms. The van der Waals surface area contributed by atoms with E-state index in [1.54, 1.807) is 0 Å². The normalized spacial score (nSPS) is 36.1. The molecule has 0 saturated heterocycles. The molecule has 1 aromatic carbocycles. The quantitative estimate of drug-likeness (QED) is 0.849. The van der Waals surface area contributed by atoms with Crippen LogP contribution < -0.4 is 4.46 Å². The van der Waals surface area contributed by atoms with Gasteiger partial charge in [0, 0.05) is 0 Å². The van der Waals surface area contributed by atoms with Crippen molar-refractivity contribution >= 4 is 19.4 Å². The summed E-state index contributed by atoms with van der Waals surface area (Å²) in [6, 6.07) is 10.8. The molecular formula is C15H20OSe. The number of aliphatic hydroxyl groups is 1. The van der Waals surface area contributed by atoms with E-state index in [1.165, 1.54) is 35.5 Å². The minimum atomic E-state index is -0.281. The van der Waals surface area contributed by atoms with Gasteiger partial charge in [0.05, 0.1) is 0 Å². The first kappa shape index (κ1) is 11.8. The summed E-state index contributed by atoms with van der Waals surface area (Å²) in [6.07, 6.45) is 6.11. The molecule has 1 N–H and O–H groups in total. The topological polar surface area (TPSA) is 20.2 Å². The van der Waals surface area contributed by atoms with Crippen LogP contribution in [0.25, 0.3) is 0 Å². The second-order valence-electron chi connectivity index (χ2n) is 5.48. The van der Waals surface area contributed by atoms with Crippen LogP contribution >= 0.6 is 0 Å². The van der Waals surface area contributed by atoms with Gasteiger partial charge in [-0.05, 0) is 0 Å². The van der Waals surface area contributed by atoms with Gasteiger partial charge in [-0.2, -0.15) is 0 Å². The molecule has 0 amide bonds. The summed E-state index contributed by atoms with van der Waals surface area (Å²) in [4.78, 5) is 0. The van der Waals surface area contributed by atoms with Gasteiger partial charge in [-0.15, -0.1) is 0 Å². The molecule has 17 heavy (non-hydrogen) atoms. The zero-order valence-electron chi connectivity index (χ0n) is 10.1. The predicted molar refractivity (Wildman–Crippen MR) is 71.7 cm³/mol. The zero-order chi connectivity index (χ0) is 11.7. The van der Waals surface area contributed by atoms with E-state index in [-0.39, 0.29) is 5.60 Å². The Morgan fingerprint density at radius 1 is 1.18 bits per heavy atom. The van der Waals surface area contributed by atoms with Crippen LogP contribution in [-0.2, 0) is 0 Å². The Hall–Kier alpha value is -0.301. The van der Waals surface area contributed by atoms with Gasteiger partial charge in [0.2, 0.25) is 0 Å². The van der Waals surface area contributed by atoms with E-state index in [1.807, 2.05) is 0 Å². The Balaban J connectivity index is 1.63. The molecule has 2 saturated carbocycles. The van der Waals surface area contributed by atoms with E-state index in [2.05, 4.69) is 30.3 Å². The van der Waals surface area contributed by atoms with Crippen LogP contribution in [0.1, 0.15) is 32.1 Å². The molecule has 2 aliphatic carbocycles. The summed E-state index contributed by atoms with van der Waals surface area (Å²) in [5.74, 6) is 1.20. The molecular weight excluding hydrogens is 275 g/mol. The van der Waals surface area contributed by atoms with Crippen LogP contribution in [0.3, 0.4) is 0 Å². The number of rotatable bonds is 3. The first-order valence-corrected chi connectivity index (χ1v) is 8.76. The van der Waals surface area contributed by atoms with E-state index >= 15 is 0 Å². The standard InChI is InChI=1S/C15H20OSe/c16-15-10-4-5-12(15)8-9-13(15)11-17-14-6-2-1-3-7-14/h1-3,6-7,12-13,16H,4-5,8-11H2/t12-,13-,15+/m0/s1. The molecule has 1 aromatic rings. The second-order valence-corrected chi connectivity index (χ2v) is 7.77. The van der Waals surface area contributed by atoms with Crippen molar-refractivity contribution < 1.29 is 5.11 Å². The van der Waals surface area contributed by atoms with Crippen LogP contribution in [0.5, 0.6) is 0 Å². The fourth-order valence-corrected chi connectivity index (χ4v) is 6.13. The van der Waals surface area contributed by atoms with Crippen molar-refractivity contribution in [3.8, 4) is 0 Å². The van der Waals surface area contributed by atoms with Crippen molar-refractivity contribution in [3.63, 3.8) is 0 Å². The molecule has 0 bridgehead atoms. The zero-order valence-corrected chi connectivity index (χ0v) is 11.9. The molecule has 92 valence electrons. The van der Waals surface area contributed by atoms with Crippen LogP contribution in [0.15, 0.2) is 30.3 Å². The minimum absolute atomic E-state index is 0.281. The van der Waals surface area contributed by atoms with E-state index in [0.717, 1.165) is 6.42 Å². The average Bonchev–Trinajstić information content (AvgIpc) is 2.85. The van der Waals surface area contributed by atoms with Gasteiger partial charge in [0.25, 0.3) is 0 Å². The molecule has 0 heterocycles. The fourth-order valence-electron chi connectivity index (χ4n) is 3.61. The van der Waals surface area contributed by atoms with Crippen molar-refractivity contribution in [2.45, 2.75) is 43.0 Å². The summed E-state index contributed by atoms with van der Waals surface area (Å²) in [5, 5.41) is 12.0. The van der Waals surface area contributed by atoms with Gasteiger partial charge in [-0.1, -0.05) is 0 Å². The van der Waals surface area contributed by atoms with Gasteiger partial charge in [-0.25, -0.2) is 0 Å². The SMILES string of the molecule is O[C@]12CCC[C@H]1CC[C@H]2C[Se]c1ccccc1. The third-order valence-corrected chi connectivity index (χ3v) is 7.07. The van der Waals surface area contributed by atoms with E-state index in [9.17, 15) is 5.11 Å². The Bertz CT molecular complexity index is 378. The maximum absolute atomic E-state index is 10.8. The van der Waals surface area contributed by atoms with Gasteiger partial charge >= 0.3 is 110 Å². The predicted octanol–water partition coefficient (Wildman–Crippen LogP) is 2.38. The van der Waals surface area contributed by atoms with Gasteiger partial charge in [0.1, 0.15) is 0 Å². The molecule has 0 aliphatic heterocycles. The third-order valence-electron chi connectivity index (χ3n) is 4.60. The number of benzene rings is 1. The molecule has 2 fully saturated rings. The molecule has 3 rings (SSSR count). The van der Waals surface area contributed by atoms with Crippen molar-refractivity contribution in [2.24, 2.45) is 11.8 Å². The monoisotopic (exact) mass is 296 g/mol. The summed E-state index contributed by atoms with van der Waals surface area (Å²) in [6.45, 7) is 0. The van der Waals surface area contributed by atoms with E-state index in [4.69, 9.17) is 0 Å². The Morgan fingerprint density at radius 2 is 2.00 bits per heavy atom. The van der Waals surface area contributed by atoms with Gasteiger partial charge < -0.3 is 0 Å². The van der Waals surface area contributed by atoms with Crippen molar-refractivity contribution in [2.75, 3.05) is 0 Å². The summed E-state index contributed by atoms with van der Waals surface area (Å²) >= 11 is 0.541. The average molecular weight is 295 g/mol. The molecule has 0 radical (unpaired) electrons. The Morgan fingerprint density at radius 3 is 2.82 bits per heavy atom. The third kappa shape index (κ3) is 2.19. The summed E-state index contributed by atoms with van der Waals surface area (Å²) in [5.41, 5.74) is -0.281. The van der Waals surface area contributed by atoms with Crippen LogP contribution in [0, 0.1) is 11.8 Å². The number of hydrogen-bond acceptors (Lipinski definition) is 1. The van der Waals surface area contributed by atoms with Crippen LogP contribution in [0.4, 0.5) is 0 Å². The van der Waals surface area contributed by atoms with Crippen molar-refractivity contribution in [1.29, 1.82) is 0 Å².